The summed E-state index contributed by atoms with van der Waals surface area (Å²) in [6, 6.07) is 12.3. The van der Waals surface area contributed by atoms with Gasteiger partial charge in [0.1, 0.15) is 5.75 Å². The summed E-state index contributed by atoms with van der Waals surface area (Å²) in [5.41, 5.74) is 0.0169. The van der Waals surface area contributed by atoms with Gasteiger partial charge in [-0.3, -0.25) is 14.5 Å². The van der Waals surface area contributed by atoms with Gasteiger partial charge < -0.3 is 5.11 Å². The van der Waals surface area contributed by atoms with Crippen LogP contribution >= 0.6 is 39.1 Å². The summed E-state index contributed by atoms with van der Waals surface area (Å²) < 4.78 is 4.23. The molecule has 1 N–H and O–H groups in total. The number of fused-ring (bicyclic) bond motifs is 4. The Morgan fingerprint density at radius 1 is 1.00 bits per heavy atom. The van der Waals surface area contributed by atoms with Gasteiger partial charge >= 0.3 is 11.4 Å². The number of phenols is 1. The first-order valence-electron chi connectivity index (χ1n) is 11.4. The van der Waals surface area contributed by atoms with E-state index in [0.717, 1.165) is 9.47 Å². The number of amides is 2. The maximum absolute atomic E-state index is 13.7. The van der Waals surface area contributed by atoms with Gasteiger partial charge in [0, 0.05) is 29.4 Å². The quantitative estimate of drug-likeness (QED) is 0.275. The van der Waals surface area contributed by atoms with Crippen molar-refractivity contribution in [2.45, 2.75) is 34.7 Å². The zero-order chi connectivity index (χ0) is 26.4. The number of carbonyl (C=O) groups excluding carboxylic acids is 2. The molecule has 9 nitrogen and oxygen atoms in total. The van der Waals surface area contributed by atoms with Gasteiger partial charge in [0.2, 0.25) is 0 Å². The lowest BCUT2D eigenvalue weighted by Gasteiger charge is -2.49. The van der Waals surface area contributed by atoms with Crippen LogP contribution in [0, 0.1) is 0 Å². The lowest BCUT2D eigenvalue weighted by molar-refractivity contribution is -0.137. The second-order valence-electron chi connectivity index (χ2n) is 9.41. The molecule has 37 heavy (non-hydrogen) atoms. The van der Waals surface area contributed by atoms with Crippen molar-refractivity contribution in [1.82, 2.24) is 18.8 Å². The van der Waals surface area contributed by atoms with Crippen molar-refractivity contribution in [1.29, 1.82) is 0 Å². The number of phenolic OH excluding ortho intramolecular Hbond substituents is 1. The number of rotatable bonds is 2. The fourth-order valence-electron chi connectivity index (χ4n) is 5.91. The number of halogens is 3. The number of alkyl halides is 2. The number of aromatic hydroxyl groups is 1. The van der Waals surface area contributed by atoms with Crippen LogP contribution < -0.4 is 11.4 Å². The molecule has 12 heteroatoms. The predicted octanol–water partition coefficient (Wildman–Crippen LogP) is 2.89. The minimum Gasteiger partial charge on any atom is -0.508 e. The van der Waals surface area contributed by atoms with Crippen molar-refractivity contribution in [3.8, 4) is 11.4 Å². The Labute approximate surface area is 228 Å². The van der Waals surface area contributed by atoms with Crippen molar-refractivity contribution < 1.29 is 14.7 Å². The first-order valence-corrected chi connectivity index (χ1v) is 13.0. The number of allylic oxidation sites excluding steroid dienone is 2. The smallest absolute Gasteiger partial charge is 0.352 e. The third kappa shape index (κ3) is 2.97. The highest BCUT2D eigenvalue weighted by molar-refractivity contribution is 9.10. The van der Waals surface area contributed by atoms with Crippen LogP contribution in [0.4, 0.5) is 0 Å². The van der Waals surface area contributed by atoms with Crippen molar-refractivity contribution in [3.63, 3.8) is 0 Å². The van der Waals surface area contributed by atoms with Gasteiger partial charge in [0.15, 0.2) is 9.75 Å². The highest BCUT2D eigenvalue weighted by atomic mass is 79.9. The van der Waals surface area contributed by atoms with Crippen molar-refractivity contribution in [2.75, 3.05) is 7.05 Å². The SMILES string of the molecule is CN1C(=O)[C@]2(Cl)C[C@@H]3C(=CCn4c(=O)n(-c5ccccc5)c(=O)n43)[C@H](c3cc(Br)ccc3O)[C@]2(Cl)C1=O. The zero-order valence-corrected chi connectivity index (χ0v) is 22.4. The molecule has 0 radical (unpaired) electrons. The van der Waals surface area contributed by atoms with E-state index in [1.807, 2.05) is 0 Å². The summed E-state index contributed by atoms with van der Waals surface area (Å²) in [6.45, 7) is 0.0191. The molecule has 1 saturated carbocycles. The Balaban J connectivity index is 1.64. The van der Waals surface area contributed by atoms with E-state index in [4.69, 9.17) is 23.2 Å². The molecule has 6 rings (SSSR count). The third-order valence-electron chi connectivity index (χ3n) is 7.60. The number of nitrogens with zero attached hydrogens (tertiary/aromatic N) is 4. The summed E-state index contributed by atoms with van der Waals surface area (Å²) in [4.78, 5) is 51.0. The molecule has 1 aliphatic carbocycles. The van der Waals surface area contributed by atoms with Gasteiger partial charge in [-0.1, -0.05) is 40.2 Å². The number of para-hydroxylation sites is 1. The van der Waals surface area contributed by atoms with Crippen molar-refractivity contribution >= 4 is 50.9 Å². The number of hydrogen-bond acceptors (Lipinski definition) is 5. The molecule has 3 aromatic rings. The van der Waals surface area contributed by atoms with Crippen molar-refractivity contribution in [3.05, 3.63) is 91.2 Å². The van der Waals surface area contributed by atoms with E-state index in [-0.39, 0.29) is 24.3 Å². The Morgan fingerprint density at radius 2 is 1.70 bits per heavy atom. The predicted molar refractivity (Wildman–Crippen MR) is 140 cm³/mol. The molecule has 4 atom stereocenters. The van der Waals surface area contributed by atoms with Gasteiger partial charge in [0.25, 0.3) is 11.8 Å². The summed E-state index contributed by atoms with van der Waals surface area (Å²) in [7, 11) is 1.31. The van der Waals surface area contributed by atoms with Crippen LogP contribution in [0.1, 0.15) is 23.9 Å². The Bertz CT molecular complexity index is 1660. The molecule has 1 aromatic heterocycles. The van der Waals surface area contributed by atoms with Crippen LogP contribution in [0.3, 0.4) is 0 Å². The van der Waals surface area contributed by atoms with Crippen molar-refractivity contribution in [2.24, 2.45) is 0 Å². The summed E-state index contributed by atoms with van der Waals surface area (Å²) >= 11 is 17.5. The van der Waals surface area contributed by atoms with Crippen LogP contribution in [-0.2, 0) is 16.1 Å². The molecule has 2 aliphatic heterocycles. The van der Waals surface area contributed by atoms with E-state index in [1.54, 1.807) is 48.5 Å². The maximum Gasteiger partial charge on any atom is 0.352 e. The molecule has 190 valence electrons. The Morgan fingerprint density at radius 3 is 2.41 bits per heavy atom. The Hall–Kier alpha value is -3.08. The first-order chi connectivity index (χ1) is 17.5. The van der Waals surface area contributed by atoms with Gasteiger partial charge in [-0.25, -0.2) is 23.5 Å². The van der Waals surface area contributed by atoms with Gasteiger partial charge in [-0.15, -0.1) is 23.2 Å². The van der Waals surface area contributed by atoms with Crippen LogP contribution in [0.25, 0.3) is 5.69 Å². The molecule has 0 spiro atoms. The van der Waals surface area contributed by atoms with E-state index in [0.29, 0.717) is 15.7 Å². The van der Waals surface area contributed by atoms with Crippen LogP contribution in [-0.4, -0.2) is 52.5 Å². The molecular formula is C25H19BrCl2N4O5. The van der Waals surface area contributed by atoms with Gasteiger partial charge in [-0.05, 0) is 35.9 Å². The Kier molecular flexibility index (Phi) is 5.22. The van der Waals surface area contributed by atoms with E-state index in [2.05, 4.69) is 15.9 Å². The van der Waals surface area contributed by atoms with E-state index >= 15 is 0 Å². The van der Waals surface area contributed by atoms with Crippen LogP contribution in [0.5, 0.6) is 5.75 Å². The minimum atomic E-state index is -1.98. The average Bonchev–Trinajstić information content (AvgIpc) is 3.21. The normalized spacial score (nSPS) is 28.5. The van der Waals surface area contributed by atoms with Gasteiger partial charge in [-0.2, -0.15) is 0 Å². The largest absolute Gasteiger partial charge is 0.508 e. The molecular weight excluding hydrogens is 587 g/mol. The monoisotopic (exact) mass is 604 g/mol. The van der Waals surface area contributed by atoms with E-state index < -0.39 is 44.9 Å². The lowest BCUT2D eigenvalue weighted by Crippen LogP contribution is -2.59. The van der Waals surface area contributed by atoms with Crippen LogP contribution in [0.15, 0.2) is 74.2 Å². The fraction of sp³-hybridized carbons (Fsp3) is 0.280. The molecule has 2 fully saturated rings. The van der Waals surface area contributed by atoms with E-state index in [9.17, 15) is 24.3 Å². The molecule has 2 aromatic carbocycles. The molecule has 1 saturated heterocycles. The number of hydrogen-bond donors (Lipinski definition) is 1. The number of aromatic nitrogens is 3. The lowest BCUT2D eigenvalue weighted by atomic mass is 9.64. The highest BCUT2D eigenvalue weighted by Crippen LogP contribution is 2.64. The maximum atomic E-state index is 13.7. The third-order valence-corrected chi connectivity index (χ3v) is 9.50. The number of benzene rings is 2. The molecule has 2 amide bonds. The second kappa shape index (κ2) is 7.96. The molecule has 3 aliphatic rings. The number of likely N-dealkylation sites (tertiary alicyclic amines) is 1. The van der Waals surface area contributed by atoms with Crippen LogP contribution in [0.2, 0.25) is 0 Å². The zero-order valence-electron chi connectivity index (χ0n) is 19.3. The average molecular weight is 606 g/mol. The highest BCUT2D eigenvalue weighted by Gasteiger charge is 2.75. The summed E-state index contributed by atoms with van der Waals surface area (Å²) in [5, 5.41) is 10.9. The minimum absolute atomic E-state index is 0.0191. The fourth-order valence-corrected chi connectivity index (χ4v) is 7.28. The number of imide groups is 1. The first kappa shape index (κ1) is 24.3. The number of carbonyl (C=O) groups is 2. The summed E-state index contributed by atoms with van der Waals surface area (Å²) in [6.07, 6.45) is 1.52. The summed E-state index contributed by atoms with van der Waals surface area (Å²) in [5.74, 6) is -2.63. The molecule has 0 bridgehead atoms. The van der Waals surface area contributed by atoms with Gasteiger partial charge in [0.05, 0.1) is 18.3 Å². The molecule has 0 unspecified atom stereocenters. The topological polar surface area (TPSA) is 107 Å². The molecule has 3 heterocycles. The standard InChI is InChI=1S/C25H19BrCl2N4O5/c1-29-20(34)24(27)12-17-15(19(25(24,28)21(29)35)16-11-13(26)7-8-18(16)33)9-10-30-22(36)31(23(37)32(17)30)14-5-3-2-4-6-14/h2-9,11,17,19,33H,10,12H2,1H3/t17-,19-,24-,25+/m1/s1. The second-order valence-corrected chi connectivity index (χ2v) is 11.6. The van der Waals surface area contributed by atoms with E-state index in [1.165, 1.54) is 22.5 Å².